The second kappa shape index (κ2) is 9.67. The number of rotatable bonds is 7. The van der Waals surface area contributed by atoms with Crippen LogP contribution in [0.2, 0.25) is 0 Å². The van der Waals surface area contributed by atoms with Gasteiger partial charge in [0, 0.05) is 23.2 Å². The summed E-state index contributed by atoms with van der Waals surface area (Å²) >= 11 is 4.15. The van der Waals surface area contributed by atoms with E-state index in [0.29, 0.717) is 28.2 Å². The van der Waals surface area contributed by atoms with E-state index in [2.05, 4.69) is 14.9 Å². The number of piperidine rings is 1. The molecule has 1 aliphatic heterocycles. The van der Waals surface area contributed by atoms with Crippen LogP contribution in [-0.4, -0.2) is 54.0 Å². The van der Waals surface area contributed by atoms with Crippen LogP contribution in [0.15, 0.2) is 32.3 Å². The number of thioether (sulfide) groups is 2. The van der Waals surface area contributed by atoms with Crippen molar-refractivity contribution in [1.82, 2.24) is 15.1 Å². The molecule has 1 saturated heterocycles. The van der Waals surface area contributed by atoms with E-state index in [1.165, 1.54) is 47.0 Å². The fourth-order valence-electron chi connectivity index (χ4n) is 2.96. The maximum atomic E-state index is 13.0. The van der Waals surface area contributed by atoms with Crippen molar-refractivity contribution in [2.45, 2.75) is 52.5 Å². The average Bonchev–Trinajstić information content (AvgIpc) is 3.12. The van der Waals surface area contributed by atoms with Crippen LogP contribution in [0.1, 0.15) is 43.5 Å². The summed E-state index contributed by atoms with van der Waals surface area (Å²) in [5, 5.41) is 8.47. The largest absolute Gasteiger partial charge is 0.339 e. The number of likely N-dealkylation sites (tertiary alicyclic amines) is 1. The predicted octanol–water partition coefficient (Wildman–Crippen LogP) is 4.19. The lowest BCUT2D eigenvalue weighted by molar-refractivity contribution is 0.0720. The van der Waals surface area contributed by atoms with Gasteiger partial charge in [-0.25, -0.2) is 8.42 Å². The Labute approximate surface area is 184 Å². The number of sulfonamides is 1. The Morgan fingerprint density at radius 2 is 1.93 bits per heavy atom. The highest BCUT2D eigenvalue weighted by atomic mass is 32.2. The number of carbonyl (C=O) groups excluding carboxylic acids is 1. The molecule has 0 bridgehead atoms. The van der Waals surface area contributed by atoms with E-state index in [1.54, 1.807) is 6.07 Å². The molecule has 11 heteroatoms. The summed E-state index contributed by atoms with van der Waals surface area (Å²) in [4.78, 5) is 15.6. The van der Waals surface area contributed by atoms with Crippen LogP contribution in [0, 0.1) is 0 Å². The van der Waals surface area contributed by atoms with E-state index < -0.39 is 10.0 Å². The molecular formula is C18H24N4O3S4. The van der Waals surface area contributed by atoms with E-state index in [1.807, 2.05) is 25.0 Å². The number of hydrogen-bond acceptors (Lipinski definition) is 8. The van der Waals surface area contributed by atoms with Gasteiger partial charge in [0.1, 0.15) is 0 Å². The first-order valence-corrected chi connectivity index (χ1v) is 13.7. The number of nitrogens with one attached hydrogen (secondary N) is 1. The standard InChI is InChI=1S/C18H24N4O3S4/c1-12(2)27-18-20-19-17(28-18)21-29(24,25)13-7-8-15(26-3)14(11-13)16(23)22-9-5-4-6-10-22/h7-8,11-12H,4-6,9-10H2,1-3H3,(H,19,21). The van der Waals surface area contributed by atoms with Crippen molar-refractivity contribution in [1.29, 1.82) is 0 Å². The van der Waals surface area contributed by atoms with E-state index in [4.69, 9.17) is 0 Å². The van der Waals surface area contributed by atoms with Crippen LogP contribution in [0.3, 0.4) is 0 Å². The summed E-state index contributed by atoms with van der Waals surface area (Å²) in [5.74, 6) is -0.113. The first kappa shape index (κ1) is 22.4. The summed E-state index contributed by atoms with van der Waals surface area (Å²) in [5.41, 5.74) is 0.426. The maximum absolute atomic E-state index is 13.0. The summed E-state index contributed by atoms with van der Waals surface area (Å²) in [6.07, 6.45) is 4.96. The van der Waals surface area contributed by atoms with Crippen molar-refractivity contribution < 1.29 is 13.2 Å². The molecule has 1 amide bonds. The van der Waals surface area contributed by atoms with Crippen LogP contribution in [-0.2, 0) is 10.0 Å². The molecular weight excluding hydrogens is 448 g/mol. The average molecular weight is 473 g/mol. The lowest BCUT2D eigenvalue weighted by Crippen LogP contribution is -2.36. The molecule has 2 aromatic rings. The van der Waals surface area contributed by atoms with Crippen molar-refractivity contribution >= 4 is 55.9 Å². The molecule has 3 rings (SSSR count). The number of aromatic nitrogens is 2. The van der Waals surface area contributed by atoms with E-state index in [0.717, 1.165) is 24.2 Å². The van der Waals surface area contributed by atoms with Crippen molar-refractivity contribution in [3.8, 4) is 0 Å². The number of carbonyl (C=O) groups is 1. The first-order chi connectivity index (χ1) is 13.8. The molecule has 1 aromatic carbocycles. The second-order valence-electron chi connectivity index (χ2n) is 6.86. The highest BCUT2D eigenvalue weighted by Gasteiger charge is 2.24. The third-order valence-electron chi connectivity index (χ3n) is 4.32. The van der Waals surface area contributed by atoms with Crippen molar-refractivity contribution in [2.75, 3.05) is 24.1 Å². The number of nitrogens with zero attached hydrogens (tertiary/aromatic N) is 3. The maximum Gasteiger partial charge on any atom is 0.263 e. The Balaban J connectivity index is 1.85. The number of amides is 1. The Morgan fingerprint density at radius 3 is 2.59 bits per heavy atom. The van der Waals surface area contributed by atoms with E-state index in [-0.39, 0.29) is 15.9 Å². The van der Waals surface area contributed by atoms with Crippen molar-refractivity contribution in [3.05, 3.63) is 23.8 Å². The first-order valence-electron chi connectivity index (χ1n) is 9.30. The quantitative estimate of drug-likeness (QED) is 0.604. The fourth-order valence-corrected chi connectivity index (χ4v) is 6.76. The van der Waals surface area contributed by atoms with Gasteiger partial charge in [-0.2, -0.15) is 0 Å². The van der Waals surface area contributed by atoms with Crippen LogP contribution in [0.5, 0.6) is 0 Å². The molecule has 1 aromatic heterocycles. The molecule has 158 valence electrons. The Hall–Kier alpha value is -1.30. The van der Waals surface area contributed by atoms with Gasteiger partial charge in [-0.05, 0) is 43.7 Å². The van der Waals surface area contributed by atoms with E-state index in [9.17, 15) is 13.2 Å². The summed E-state index contributed by atoms with van der Waals surface area (Å²) in [7, 11) is -3.87. The number of hydrogen-bond donors (Lipinski definition) is 1. The molecule has 0 atom stereocenters. The van der Waals surface area contributed by atoms with Gasteiger partial charge in [0.2, 0.25) is 5.13 Å². The second-order valence-corrected chi connectivity index (χ2v) is 12.2. The number of anilines is 1. The topological polar surface area (TPSA) is 92.3 Å². The molecule has 0 saturated carbocycles. The zero-order chi connectivity index (χ0) is 21.0. The van der Waals surface area contributed by atoms with Gasteiger partial charge in [-0.3, -0.25) is 9.52 Å². The van der Waals surface area contributed by atoms with Gasteiger partial charge in [0.25, 0.3) is 15.9 Å². The summed E-state index contributed by atoms with van der Waals surface area (Å²) < 4.78 is 28.9. The zero-order valence-electron chi connectivity index (χ0n) is 16.5. The molecule has 0 aliphatic carbocycles. The monoisotopic (exact) mass is 472 g/mol. The highest BCUT2D eigenvalue weighted by Crippen LogP contribution is 2.31. The van der Waals surface area contributed by atoms with Gasteiger partial charge in [-0.1, -0.05) is 36.9 Å². The summed E-state index contributed by atoms with van der Waals surface area (Å²) in [6.45, 7) is 5.49. The Bertz CT molecular complexity index is 969. The minimum atomic E-state index is -3.87. The van der Waals surface area contributed by atoms with Crippen LogP contribution in [0.25, 0.3) is 0 Å². The van der Waals surface area contributed by atoms with Gasteiger partial charge >= 0.3 is 0 Å². The van der Waals surface area contributed by atoms with Crippen LogP contribution < -0.4 is 4.72 Å². The molecule has 7 nitrogen and oxygen atoms in total. The minimum Gasteiger partial charge on any atom is -0.339 e. The lowest BCUT2D eigenvalue weighted by Gasteiger charge is -2.27. The lowest BCUT2D eigenvalue weighted by atomic mass is 10.1. The molecule has 0 radical (unpaired) electrons. The molecule has 1 aliphatic rings. The third kappa shape index (κ3) is 5.65. The van der Waals surface area contributed by atoms with Crippen LogP contribution >= 0.6 is 34.9 Å². The zero-order valence-corrected chi connectivity index (χ0v) is 19.8. The highest BCUT2D eigenvalue weighted by molar-refractivity contribution is 8.01. The number of benzene rings is 1. The summed E-state index contributed by atoms with van der Waals surface area (Å²) in [6, 6.07) is 4.68. The van der Waals surface area contributed by atoms with Gasteiger partial charge < -0.3 is 4.90 Å². The van der Waals surface area contributed by atoms with Gasteiger partial charge in [0.15, 0.2) is 4.34 Å². The molecule has 29 heavy (non-hydrogen) atoms. The van der Waals surface area contributed by atoms with Crippen molar-refractivity contribution in [3.63, 3.8) is 0 Å². The Morgan fingerprint density at radius 1 is 1.21 bits per heavy atom. The fraction of sp³-hybridized carbons (Fsp3) is 0.500. The van der Waals surface area contributed by atoms with Crippen LogP contribution in [0.4, 0.5) is 5.13 Å². The van der Waals surface area contributed by atoms with E-state index >= 15 is 0 Å². The predicted molar refractivity (Wildman–Crippen MR) is 120 cm³/mol. The smallest absolute Gasteiger partial charge is 0.263 e. The Kier molecular flexibility index (Phi) is 7.47. The third-order valence-corrected chi connectivity index (χ3v) is 8.51. The van der Waals surface area contributed by atoms with Crippen molar-refractivity contribution in [2.24, 2.45) is 0 Å². The molecule has 0 spiro atoms. The van der Waals surface area contributed by atoms with Gasteiger partial charge in [0.05, 0.1) is 10.5 Å². The molecule has 1 fully saturated rings. The molecule has 0 unspecified atom stereocenters. The normalized spacial score (nSPS) is 15.0. The SMILES string of the molecule is CSc1ccc(S(=O)(=O)Nc2nnc(SC(C)C)s2)cc1C(=O)N1CCCCC1. The minimum absolute atomic E-state index is 0.0453. The molecule has 1 N–H and O–H groups in total. The molecule has 2 heterocycles. The van der Waals surface area contributed by atoms with Gasteiger partial charge in [-0.15, -0.1) is 22.0 Å².